The third kappa shape index (κ3) is 1.69. The molecule has 0 spiro atoms. The first kappa shape index (κ1) is 7.52. The summed E-state index contributed by atoms with van der Waals surface area (Å²) in [5, 5.41) is 8.16. The summed E-state index contributed by atoms with van der Waals surface area (Å²) in [7, 11) is 0. The average Bonchev–Trinajstić information content (AvgIpc) is 1.86. The van der Waals surface area contributed by atoms with Crippen LogP contribution in [0.4, 0.5) is 0 Å². The number of ether oxygens (including phenoxy) is 1. The molecule has 1 aliphatic rings. The largest absolute Gasteiger partial charge is 0.363 e. The van der Waals surface area contributed by atoms with Crippen molar-refractivity contribution in [1.82, 2.24) is 0 Å². The van der Waals surface area contributed by atoms with E-state index in [2.05, 4.69) is 0 Å². The highest BCUT2D eigenvalue weighted by Gasteiger charge is 2.28. The van der Waals surface area contributed by atoms with E-state index in [1.807, 2.05) is 6.07 Å². The second-order valence-corrected chi connectivity index (χ2v) is 2.66. The fourth-order valence-corrected chi connectivity index (χ4v) is 1.16. The van der Waals surface area contributed by atoms with Crippen molar-refractivity contribution in [3.05, 3.63) is 0 Å². The molecule has 0 heterocycles. The predicted octanol–water partition coefficient (Wildman–Crippen LogP) is 0.264. The Bertz CT molecular complexity index is 135. The molecule has 0 aromatic heterocycles. The number of hydrogen-bond donors (Lipinski definition) is 1. The fourth-order valence-electron chi connectivity index (χ4n) is 1.16. The molecule has 1 rings (SSSR count). The Balaban J connectivity index is 1.99. The lowest BCUT2D eigenvalue weighted by Gasteiger charge is -2.33. The Morgan fingerprint density at radius 1 is 1.60 bits per heavy atom. The molecular weight excluding hydrogens is 128 g/mol. The van der Waals surface area contributed by atoms with Crippen molar-refractivity contribution in [2.75, 3.05) is 13.2 Å². The lowest BCUT2D eigenvalue weighted by atomic mass is 9.82. The van der Waals surface area contributed by atoms with Gasteiger partial charge in [-0.3, -0.25) is 0 Å². The Morgan fingerprint density at radius 2 is 2.30 bits per heavy atom. The van der Waals surface area contributed by atoms with Crippen molar-refractivity contribution in [3.63, 3.8) is 0 Å². The van der Waals surface area contributed by atoms with Crippen LogP contribution in [0.3, 0.4) is 0 Å². The highest BCUT2D eigenvalue weighted by Crippen LogP contribution is 2.28. The van der Waals surface area contributed by atoms with Gasteiger partial charge in [0, 0.05) is 0 Å². The Hall–Kier alpha value is -0.590. The first-order valence-electron chi connectivity index (χ1n) is 3.55. The van der Waals surface area contributed by atoms with Crippen LogP contribution >= 0.6 is 0 Å². The highest BCUT2D eigenvalue weighted by atomic mass is 16.5. The molecule has 1 fully saturated rings. The summed E-state index contributed by atoms with van der Waals surface area (Å²) in [4.78, 5) is 0. The van der Waals surface area contributed by atoms with E-state index in [-0.39, 0.29) is 6.61 Å². The van der Waals surface area contributed by atoms with Crippen LogP contribution in [0, 0.1) is 17.2 Å². The third-order valence-corrected chi connectivity index (χ3v) is 1.91. The van der Waals surface area contributed by atoms with Crippen LogP contribution in [0.25, 0.3) is 0 Å². The Kier molecular flexibility index (Phi) is 2.67. The molecule has 3 heteroatoms. The quantitative estimate of drug-likeness (QED) is 0.612. The van der Waals surface area contributed by atoms with E-state index < -0.39 is 0 Å². The summed E-state index contributed by atoms with van der Waals surface area (Å²) in [6.45, 7) is 0.981. The predicted molar refractivity (Wildman–Crippen MR) is 37.1 cm³/mol. The van der Waals surface area contributed by atoms with Gasteiger partial charge in [-0.05, 0) is 25.3 Å². The monoisotopic (exact) mass is 140 g/mol. The van der Waals surface area contributed by atoms with Gasteiger partial charge in [0.2, 0.25) is 0 Å². The van der Waals surface area contributed by atoms with E-state index in [1.165, 1.54) is 0 Å². The van der Waals surface area contributed by atoms with Gasteiger partial charge in [0.05, 0.1) is 12.2 Å². The van der Waals surface area contributed by atoms with E-state index in [0.717, 1.165) is 19.4 Å². The maximum Gasteiger partial charge on any atom is 0.134 e. The maximum absolute atomic E-state index is 8.16. The van der Waals surface area contributed by atoms with Gasteiger partial charge in [0.1, 0.15) is 6.61 Å². The topological polar surface area (TPSA) is 59.0 Å². The summed E-state index contributed by atoms with van der Waals surface area (Å²) < 4.78 is 5.14. The zero-order valence-corrected chi connectivity index (χ0v) is 5.92. The molecule has 0 unspecified atom stereocenters. The number of nitriles is 1. The standard InChI is InChI=1S/C7H12N2O/c8-1-2-10-7-3-6(4-7)5-9/h6-7H,2-5,9H2. The van der Waals surface area contributed by atoms with Crippen LogP contribution in [-0.2, 0) is 4.74 Å². The van der Waals surface area contributed by atoms with Crippen molar-refractivity contribution in [2.45, 2.75) is 18.9 Å². The minimum absolute atomic E-state index is 0.224. The van der Waals surface area contributed by atoms with Crippen molar-refractivity contribution in [1.29, 1.82) is 5.26 Å². The van der Waals surface area contributed by atoms with E-state index in [4.69, 9.17) is 15.7 Å². The van der Waals surface area contributed by atoms with Crippen molar-refractivity contribution >= 4 is 0 Å². The highest BCUT2D eigenvalue weighted by molar-refractivity contribution is 4.82. The first-order chi connectivity index (χ1) is 4.86. The molecular formula is C7H12N2O. The summed E-state index contributed by atoms with van der Waals surface area (Å²) in [5.74, 6) is 0.642. The molecule has 0 radical (unpaired) electrons. The summed E-state index contributed by atoms with van der Waals surface area (Å²) >= 11 is 0. The number of nitrogens with zero attached hydrogens (tertiary/aromatic N) is 1. The summed E-state index contributed by atoms with van der Waals surface area (Å²) in [6.07, 6.45) is 2.39. The van der Waals surface area contributed by atoms with Gasteiger partial charge in [0.15, 0.2) is 0 Å². The molecule has 3 nitrogen and oxygen atoms in total. The summed E-state index contributed by atoms with van der Waals surface area (Å²) in [6, 6.07) is 1.95. The van der Waals surface area contributed by atoms with Gasteiger partial charge in [-0.25, -0.2) is 0 Å². The molecule has 0 saturated heterocycles. The van der Waals surface area contributed by atoms with Gasteiger partial charge in [0.25, 0.3) is 0 Å². The van der Waals surface area contributed by atoms with Crippen LogP contribution in [0.1, 0.15) is 12.8 Å². The molecule has 0 amide bonds. The van der Waals surface area contributed by atoms with Crippen LogP contribution in [0.5, 0.6) is 0 Å². The number of rotatable bonds is 3. The molecule has 56 valence electrons. The normalized spacial score (nSPS) is 30.8. The van der Waals surface area contributed by atoms with Crippen molar-refractivity contribution < 1.29 is 4.74 Å². The molecule has 10 heavy (non-hydrogen) atoms. The lowest BCUT2D eigenvalue weighted by Crippen LogP contribution is -2.35. The van der Waals surface area contributed by atoms with Gasteiger partial charge < -0.3 is 10.5 Å². The van der Waals surface area contributed by atoms with Crippen LogP contribution in [0.15, 0.2) is 0 Å². The van der Waals surface area contributed by atoms with Gasteiger partial charge in [-0.1, -0.05) is 0 Å². The fraction of sp³-hybridized carbons (Fsp3) is 0.857. The molecule has 0 aromatic carbocycles. The molecule has 1 saturated carbocycles. The maximum atomic E-state index is 8.16. The molecule has 0 aliphatic heterocycles. The summed E-state index contributed by atoms with van der Waals surface area (Å²) in [5.41, 5.74) is 5.40. The van der Waals surface area contributed by atoms with Crippen molar-refractivity contribution in [2.24, 2.45) is 11.7 Å². The first-order valence-corrected chi connectivity index (χ1v) is 3.55. The van der Waals surface area contributed by atoms with Gasteiger partial charge in [-0.2, -0.15) is 5.26 Å². The van der Waals surface area contributed by atoms with Crippen LogP contribution in [0.2, 0.25) is 0 Å². The Labute approximate surface area is 60.8 Å². The van der Waals surface area contributed by atoms with E-state index in [9.17, 15) is 0 Å². The SMILES string of the molecule is N#CCOC1CC(CN)C1. The molecule has 0 aromatic rings. The zero-order chi connectivity index (χ0) is 7.40. The lowest BCUT2D eigenvalue weighted by molar-refractivity contribution is -0.0123. The van der Waals surface area contributed by atoms with E-state index in [0.29, 0.717) is 12.0 Å². The molecule has 0 atom stereocenters. The van der Waals surface area contributed by atoms with Crippen LogP contribution < -0.4 is 5.73 Å². The number of nitrogens with two attached hydrogens (primary N) is 1. The smallest absolute Gasteiger partial charge is 0.134 e. The third-order valence-electron chi connectivity index (χ3n) is 1.91. The van der Waals surface area contributed by atoms with Gasteiger partial charge >= 0.3 is 0 Å². The zero-order valence-electron chi connectivity index (χ0n) is 5.92. The molecule has 2 N–H and O–H groups in total. The molecule has 0 bridgehead atoms. The Morgan fingerprint density at radius 3 is 2.80 bits per heavy atom. The van der Waals surface area contributed by atoms with E-state index in [1.54, 1.807) is 0 Å². The number of hydrogen-bond acceptors (Lipinski definition) is 3. The van der Waals surface area contributed by atoms with E-state index >= 15 is 0 Å². The minimum atomic E-state index is 0.224. The van der Waals surface area contributed by atoms with Crippen LogP contribution in [-0.4, -0.2) is 19.3 Å². The second kappa shape index (κ2) is 3.55. The second-order valence-electron chi connectivity index (χ2n) is 2.66. The van der Waals surface area contributed by atoms with Gasteiger partial charge in [-0.15, -0.1) is 0 Å². The minimum Gasteiger partial charge on any atom is -0.363 e. The van der Waals surface area contributed by atoms with Crippen molar-refractivity contribution in [3.8, 4) is 6.07 Å². The molecule has 1 aliphatic carbocycles. The average molecular weight is 140 g/mol.